The van der Waals surface area contributed by atoms with Crippen LogP contribution in [0.2, 0.25) is 5.02 Å². The van der Waals surface area contributed by atoms with Gasteiger partial charge in [-0.25, -0.2) is 0 Å². The van der Waals surface area contributed by atoms with Crippen LogP contribution in [0.3, 0.4) is 0 Å². The van der Waals surface area contributed by atoms with E-state index in [0.717, 1.165) is 0 Å². The molecule has 29 heavy (non-hydrogen) atoms. The number of amides is 1. The lowest BCUT2D eigenvalue weighted by Crippen LogP contribution is -2.32. The molecule has 0 bridgehead atoms. The summed E-state index contributed by atoms with van der Waals surface area (Å²) in [6.07, 6.45) is 0. The highest BCUT2D eigenvalue weighted by Gasteiger charge is 2.25. The van der Waals surface area contributed by atoms with Crippen molar-refractivity contribution in [1.29, 1.82) is 0 Å². The number of carbonyl (C=O) groups excluding carboxylic acids is 2. The van der Waals surface area contributed by atoms with E-state index in [1.807, 2.05) is 0 Å². The van der Waals surface area contributed by atoms with Gasteiger partial charge >= 0.3 is 0 Å². The van der Waals surface area contributed by atoms with E-state index < -0.39 is 22.7 Å². The summed E-state index contributed by atoms with van der Waals surface area (Å²) in [7, 11) is 2.83. The largest absolute Gasteiger partial charge is 0.497 e. The Balaban J connectivity index is 2.28. The second kappa shape index (κ2) is 9.60. The number of halogens is 1. The fourth-order valence-corrected chi connectivity index (χ4v) is 2.51. The molecule has 1 unspecified atom stereocenters. The van der Waals surface area contributed by atoms with Gasteiger partial charge in [-0.3, -0.25) is 19.7 Å². The second-order valence-corrected chi connectivity index (χ2v) is 6.09. The summed E-state index contributed by atoms with van der Waals surface area (Å²) in [5, 5.41) is 21.0. The molecule has 0 fully saturated rings. The minimum atomic E-state index is -1.49. The number of ketones is 1. The third kappa shape index (κ3) is 5.48. The molecule has 0 spiro atoms. The van der Waals surface area contributed by atoms with Crippen molar-refractivity contribution in [2.45, 2.75) is 13.0 Å². The van der Waals surface area contributed by atoms with Crippen molar-refractivity contribution in [2.75, 3.05) is 19.5 Å². The van der Waals surface area contributed by atoms with Crippen LogP contribution in [0.25, 0.3) is 0 Å². The maximum Gasteiger partial charge on any atom is 0.271 e. The molecule has 10 nitrogen and oxygen atoms in total. The number of ether oxygens (including phenoxy) is 2. The number of Topliss-reactive ketones (excluding diaryl/α,β-unsaturated/α-hetero) is 1. The molecule has 2 rings (SSSR count). The van der Waals surface area contributed by atoms with E-state index in [-0.39, 0.29) is 27.8 Å². The van der Waals surface area contributed by atoms with E-state index >= 15 is 0 Å². The van der Waals surface area contributed by atoms with Crippen LogP contribution in [-0.2, 0) is 9.59 Å². The summed E-state index contributed by atoms with van der Waals surface area (Å²) in [5.41, 5.74) is 0.0649. The van der Waals surface area contributed by atoms with Gasteiger partial charge in [0.1, 0.15) is 17.2 Å². The fraction of sp³-hybridized carbons (Fsp3) is 0.222. The number of azo groups is 1. The van der Waals surface area contributed by atoms with Crippen LogP contribution in [0.5, 0.6) is 11.5 Å². The minimum Gasteiger partial charge on any atom is -0.497 e. The van der Waals surface area contributed by atoms with Crippen molar-refractivity contribution in [3.63, 3.8) is 0 Å². The normalized spacial score (nSPS) is 11.7. The Morgan fingerprint density at radius 3 is 2.52 bits per heavy atom. The van der Waals surface area contributed by atoms with Crippen molar-refractivity contribution in [3.8, 4) is 11.5 Å². The monoisotopic (exact) mass is 420 g/mol. The number of carbonyl (C=O) groups is 2. The van der Waals surface area contributed by atoms with Gasteiger partial charge in [-0.15, -0.1) is 0 Å². The molecule has 0 aliphatic rings. The zero-order valence-corrected chi connectivity index (χ0v) is 16.5. The van der Waals surface area contributed by atoms with Crippen molar-refractivity contribution < 1.29 is 24.0 Å². The van der Waals surface area contributed by atoms with Crippen LogP contribution in [0.4, 0.5) is 17.1 Å². The van der Waals surface area contributed by atoms with E-state index in [9.17, 15) is 19.7 Å². The Bertz CT molecular complexity index is 979. The van der Waals surface area contributed by atoms with E-state index in [1.54, 1.807) is 0 Å². The van der Waals surface area contributed by atoms with Gasteiger partial charge in [0.15, 0.2) is 5.78 Å². The summed E-state index contributed by atoms with van der Waals surface area (Å²) in [5.74, 6) is -0.740. The topological polar surface area (TPSA) is 132 Å². The molecule has 1 amide bonds. The highest BCUT2D eigenvalue weighted by atomic mass is 35.5. The van der Waals surface area contributed by atoms with Crippen LogP contribution >= 0.6 is 11.6 Å². The molecule has 0 aliphatic carbocycles. The number of non-ortho nitro benzene ring substituents is 1. The number of rotatable bonds is 8. The fourth-order valence-electron chi connectivity index (χ4n) is 2.26. The molecular weight excluding hydrogens is 404 g/mol. The smallest absolute Gasteiger partial charge is 0.271 e. The molecule has 11 heteroatoms. The Morgan fingerprint density at radius 2 is 1.93 bits per heavy atom. The third-order valence-corrected chi connectivity index (χ3v) is 3.99. The van der Waals surface area contributed by atoms with E-state index in [0.29, 0.717) is 5.75 Å². The van der Waals surface area contributed by atoms with Gasteiger partial charge in [0.25, 0.3) is 11.6 Å². The van der Waals surface area contributed by atoms with Crippen LogP contribution in [-0.4, -0.2) is 36.9 Å². The van der Waals surface area contributed by atoms with Crippen molar-refractivity contribution in [2.24, 2.45) is 10.2 Å². The Kier molecular flexibility index (Phi) is 7.21. The standard InChI is InChI=1S/C18H17ClN4O6/c1-10(24)16(22-21-11-5-4-6-12(7-11)23(26)27)18(25)20-17-14(19)8-13(28-2)9-15(17)29-3/h4-9,16H,1-3H3,(H,20,25). The first-order chi connectivity index (χ1) is 13.8. The average molecular weight is 421 g/mol. The van der Waals surface area contributed by atoms with Gasteiger partial charge in [-0.1, -0.05) is 17.7 Å². The summed E-state index contributed by atoms with van der Waals surface area (Å²) < 4.78 is 10.3. The first-order valence-corrected chi connectivity index (χ1v) is 8.52. The zero-order chi connectivity index (χ0) is 21.6. The summed E-state index contributed by atoms with van der Waals surface area (Å²) >= 11 is 6.16. The Morgan fingerprint density at radius 1 is 1.21 bits per heavy atom. The average Bonchev–Trinajstić information content (AvgIpc) is 2.69. The highest BCUT2D eigenvalue weighted by Crippen LogP contribution is 2.37. The molecule has 0 heterocycles. The predicted octanol–water partition coefficient (Wildman–Crippen LogP) is 3.95. The first kappa shape index (κ1) is 21.8. The Hall–Kier alpha value is -3.53. The van der Waals surface area contributed by atoms with Crippen LogP contribution < -0.4 is 14.8 Å². The van der Waals surface area contributed by atoms with Gasteiger partial charge in [0.2, 0.25) is 6.04 Å². The number of nitro groups is 1. The van der Waals surface area contributed by atoms with E-state index in [4.69, 9.17) is 21.1 Å². The van der Waals surface area contributed by atoms with Gasteiger partial charge in [0.05, 0.1) is 29.9 Å². The second-order valence-electron chi connectivity index (χ2n) is 5.68. The third-order valence-electron chi connectivity index (χ3n) is 3.69. The summed E-state index contributed by atoms with van der Waals surface area (Å²) in [6.45, 7) is 1.17. The van der Waals surface area contributed by atoms with Gasteiger partial charge in [-0.2, -0.15) is 10.2 Å². The molecule has 0 radical (unpaired) electrons. The van der Waals surface area contributed by atoms with Crippen molar-refractivity contribution in [3.05, 3.63) is 51.5 Å². The zero-order valence-electron chi connectivity index (χ0n) is 15.7. The number of nitrogens with zero attached hydrogens (tertiary/aromatic N) is 3. The molecule has 0 aromatic heterocycles. The molecule has 1 atom stereocenters. The van der Waals surface area contributed by atoms with Crippen molar-refractivity contribution in [1.82, 2.24) is 0 Å². The number of anilines is 1. The molecule has 0 aliphatic heterocycles. The quantitative estimate of drug-likeness (QED) is 0.297. The number of hydrogen-bond donors (Lipinski definition) is 1. The van der Waals surface area contributed by atoms with Gasteiger partial charge in [0, 0.05) is 24.3 Å². The number of nitrogens with one attached hydrogen (secondary N) is 1. The van der Waals surface area contributed by atoms with Gasteiger partial charge < -0.3 is 14.8 Å². The van der Waals surface area contributed by atoms with Crippen LogP contribution in [0.15, 0.2) is 46.6 Å². The van der Waals surface area contributed by atoms with Gasteiger partial charge in [-0.05, 0) is 13.0 Å². The molecule has 1 N–H and O–H groups in total. The molecule has 0 saturated heterocycles. The van der Waals surface area contributed by atoms with Crippen LogP contribution in [0, 0.1) is 10.1 Å². The van der Waals surface area contributed by atoms with E-state index in [1.165, 1.54) is 57.5 Å². The summed E-state index contributed by atoms with van der Waals surface area (Å²) in [4.78, 5) is 34.7. The number of nitro benzene ring substituents is 1. The lowest BCUT2D eigenvalue weighted by molar-refractivity contribution is -0.384. The first-order valence-electron chi connectivity index (χ1n) is 8.15. The summed E-state index contributed by atoms with van der Waals surface area (Å²) in [6, 6.07) is 6.81. The molecule has 2 aromatic carbocycles. The predicted molar refractivity (Wildman–Crippen MR) is 105 cm³/mol. The molecule has 152 valence electrons. The lowest BCUT2D eigenvalue weighted by Gasteiger charge is -2.15. The van der Waals surface area contributed by atoms with E-state index in [2.05, 4.69) is 15.5 Å². The Labute approximate surface area is 170 Å². The van der Waals surface area contributed by atoms with Crippen molar-refractivity contribution >= 4 is 40.4 Å². The maximum atomic E-state index is 12.6. The number of methoxy groups -OCH3 is 2. The SMILES string of the molecule is COc1cc(Cl)c(NC(=O)C(N=Nc2cccc([N+](=O)[O-])c2)C(C)=O)c(OC)c1. The molecule has 0 saturated carbocycles. The maximum absolute atomic E-state index is 12.6. The number of benzene rings is 2. The highest BCUT2D eigenvalue weighted by molar-refractivity contribution is 6.34. The minimum absolute atomic E-state index is 0.123. The molecule has 2 aromatic rings. The number of hydrogen-bond acceptors (Lipinski definition) is 8. The van der Waals surface area contributed by atoms with Crippen LogP contribution in [0.1, 0.15) is 6.92 Å². The molecular formula is C18H17ClN4O6. The lowest BCUT2D eigenvalue weighted by atomic mass is 10.2.